The smallest absolute Gasteiger partial charge is 0.125 e. The minimum atomic E-state index is -0.973. The molecule has 3 atom stereocenters. The highest BCUT2D eigenvalue weighted by Crippen LogP contribution is 2.54. The molecular weight excluding hydrogens is 308 g/mol. The first kappa shape index (κ1) is 16.2. The van der Waals surface area contributed by atoms with Crippen LogP contribution in [0, 0.1) is 18.3 Å². The highest BCUT2D eigenvalue weighted by Gasteiger charge is 2.51. The average Bonchev–Trinajstić information content (AvgIpc) is 2.63. The predicted molar refractivity (Wildman–Crippen MR) is 99.4 cm³/mol. The summed E-state index contributed by atoms with van der Waals surface area (Å²) in [4.78, 5) is 0. The molecule has 2 aliphatic rings. The van der Waals surface area contributed by atoms with Crippen molar-refractivity contribution < 1.29 is 10.2 Å². The van der Waals surface area contributed by atoms with E-state index in [4.69, 9.17) is 6.42 Å². The molecule has 0 spiro atoms. The molecule has 1 saturated carbocycles. The highest BCUT2D eigenvalue weighted by molar-refractivity contribution is 5.45. The molecule has 2 aromatic rings. The lowest BCUT2D eigenvalue weighted by molar-refractivity contribution is -0.00791. The fourth-order valence-electron chi connectivity index (χ4n) is 5.09. The fourth-order valence-corrected chi connectivity index (χ4v) is 5.09. The standard InChI is InChI=1S/C23H24O2/c1-2-22(25)12-13-23(15-17-6-4-3-5-7-17)19(16-22)9-8-18-14-20(24)10-11-21(18)23/h1,3-7,10-11,14,19,24-25H,8-9,12-13,15-16H2/t19-,22-,23+/m1/s1. The number of benzene rings is 2. The number of phenols is 1. The summed E-state index contributed by atoms with van der Waals surface area (Å²) in [5.74, 6) is 3.34. The third-order valence-corrected chi connectivity index (χ3v) is 6.37. The third-order valence-electron chi connectivity index (χ3n) is 6.37. The van der Waals surface area contributed by atoms with Gasteiger partial charge in [0.2, 0.25) is 0 Å². The molecule has 0 amide bonds. The van der Waals surface area contributed by atoms with Gasteiger partial charge in [0.1, 0.15) is 11.4 Å². The van der Waals surface area contributed by atoms with Crippen LogP contribution in [-0.2, 0) is 18.3 Å². The van der Waals surface area contributed by atoms with Crippen molar-refractivity contribution in [3.05, 3.63) is 65.2 Å². The number of fused-ring (bicyclic) bond motifs is 3. The fraction of sp³-hybridized carbons (Fsp3) is 0.391. The van der Waals surface area contributed by atoms with Gasteiger partial charge in [0.15, 0.2) is 0 Å². The van der Waals surface area contributed by atoms with Gasteiger partial charge in [0, 0.05) is 5.41 Å². The summed E-state index contributed by atoms with van der Waals surface area (Å²) >= 11 is 0. The summed E-state index contributed by atoms with van der Waals surface area (Å²) in [5.41, 5.74) is 2.92. The van der Waals surface area contributed by atoms with E-state index in [1.54, 1.807) is 6.07 Å². The van der Waals surface area contributed by atoms with Gasteiger partial charge >= 0.3 is 0 Å². The van der Waals surface area contributed by atoms with Crippen molar-refractivity contribution in [1.82, 2.24) is 0 Å². The van der Waals surface area contributed by atoms with E-state index in [-0.39, 0.29) is 5.41 Å². The van der Waals surface area contributed by atoms with E-state index in [2.05, 4.69) is 36.3 Å². The molecule has 2 aromatic carbocycles. The maximum atomic E-state index is 10.7. The molecule has 0 bridgehead atoms. The lowest BCUT2D eigenvalue weighted by Gasteiger charge is -2.52. The molecule has 0 heterocycles. The Kier molecular flexibility index (Phi) is 3.85. The summed E-state index contributed by atoms with van der Waals surface area (Å²) in [6, 6.07) is 16.4. The first-order chi connectivity index (χ1) is 12.0. The van der Waals surface area contributed by atoms with Gasteiger partial charge in [-0.25, -0.2) is 0 Å². The molecule has 0 saturated heterocycles. The van der Waals surface area contributed by atoms with Gasteiger partial charge < -0.3 is 10.2 Å². The minimum Gasteiger partial charge on any atom is -0.508 e. The Morgan fingerprint density at radius 2 is 1.92 bits per heavy atom. The van der Waals surface area contributed by atoms with E-state index in [1.807, 2.05) is 12.1 Å². The van der Waals surface area contributed by atoms with Crippen LogP contribution in [0.2, 0.25) is 0 Å². The van der Waals surface area contributed by atoms with Crippen molar-refractivity contribution in [2.75, 3.05) is 0 Å². The van der Waals surface area contributed by atoms with Crippen LogP contribution >= 0.6 is 0 Å². The van der Waals surface area contributed by atoms with E-state index >= 15 is 0 Å². The monoisotopic (exact) mass is 332 g/mol. The molecule has 0 aliphatic heterocycles. The normalized spacial score (nSPS) is 30.8. The molecule has 2 nitrogen and oxygen atoms in total. The van der Waals surface area contributed by atoms with E-state index < -0.39 is 5.60 Å². The SMILES string of the molecule is C#C[C@@]1(O)CC[C@@]2(Cc3ccccc3)c3ccc(O)cc3CC[C@@H]2C1. The molecule has 2 aliphatic carbocycles. The number of terminal acetylenes is 1. The van der Waals surface area contributed by atoms with Crippen molar-refractivity contribution >= 4 is 0 Å². The molecule has 0 radical (unpaired) electrons. The number of hydrogen-bond donors (Lipinski definition) is 2. The third kappa shape index (κ3) is 2.73. The van der Waals surface area contributed by atoms with Gasteiger partial charge in [-0.1, -0.05) is 42.3 Å². The van der Waals surface area contributed by atoms with Gasteiger partial charge in [-0.3, -0.25) is 0 Å². The number of aliphatic hydroxyl groups is 1. The van der Waals surface area contributed by atoms with Crippen LogP contribution in [0.4, 0.5) is 0 Å². The molecule has 25 heavy (non-hydrogen) atoms. The van der Waals surface area contributed by atoms with Crippen LogP contribution in [0.3, 0.4) is 0 Å². The number of aryl methyl sites for hydroxylation is 1. The van der Waals surface area contributed by atoms with E-state index in [1.165, 1.54) is 16.7 Å². The Hall–Kier alpha value is -2.24. The molecular formula is C23H24O2. The Bertz CT molecular complexity index is 820. The minimum absolute atomic E-state index is 0.00822. The second-order valence-corrected chi connectivity index (χ2v) is 7.78. The van der Waals surface area contributed by atoms with E-state index in [0.29, 0.717) is 24.5 Å². The molecule has 0 unspecified atom stereocenters. The molecule has 4 rings (SSSR count). The number of hydrogen-bond acceptors (Lipinski definition) is 2. The van der Waals surface area contributed by atoms with Crippen molar-refractivity contribution in [2.24, 2.45) is 5.92 Å². The lowest BCUT2D eigenvalue weighted by atomic mass is 9.53. The van der Waals surface area contributed by atoms with Crippen LogP contribution in [-0.4, -0.2) is 15.8 Å². The number of aromatic hydroxyl groups is 1. The first-order valence-electron chi connectivity index (χ1n) is 9.11. The largest absolute Gasteiger partial charge is 0.508 e. The van der Waals surface area contributed by atoms with Crippen molar-refractivity contribution in [2.45, 2.75) is 49.5 Å². The molecule has 0 aromatic heterocycles. The van der Waals surface area contributed by atoms with Crippen LogP contribution in [0.25, 0.3) is 0 Å². The van der Waals surface area contributed by atoms with E-state index in [9.17, 15) is 10.2 Å². The van der Waals surface area contributed by atoms with Crippen LogP contribution in [0.15, 0.2) is 48.5 Å². The molecule has 1 fully saturated rings. The average molecular weight is 332 g/mol. The van der Waals surface area contributed by atoms with Gasteiger partial charge in [-0.15, -0.1) is 6.42 Å². The molecule has 2 N–H and O–H groups in total. The van der Waals surface area contributed by atoms with Crippen LogP contribution < -0.4 is 0 Å². The van der Waals surface area contributed by atoms with Gasteiger partial charge in [-0.2, -0.15) is 0 Å². The Labute approximate surface area is 149 Å². The Balaban J connectivity index is 1.81. The summed E-state index contributed by atoms with van der Waals surface area (Å²) < 4.78 is 0. The topological polar surface area (TPSA) is 40.5 Å². The van der Waals surface area contributed by atoms with Crippen molar-refractivity contribution in [1.29, 1.82) is 0 Å². The molecule has 2 heteroatoms. The predicted octanol–water partition coefficient (Wildman–Crippen LogP) is 3.98. The van der Waals surface area contributed by atoms with Crippen molar-refractivity contribution in [3.63, 3.8) is 0 Å². The zero-order valence-corrected chi connectivity index (χ0v) is 14.4. The zero-order chi connectivity index (χ0) is 17.5. The zero-order valence-electron chi connectivity index (χ0n) is 14.4. The Morgan fingerprint density at radius 1 is 1.12 bits per heavy atom. The van der Waals surface area contributed by atoms with Gasteiger partial charge in [0.25, 0.3) is 0 Å². The highest BCUT2D eigenvalue weighted by atomic mass is 16.3. The maximum Gasteiger partial charge on any atom is 0.125 e. The summed E-state index contributed by atoms with van der Waals surface area (Å²) in [5, 5.41) is 20.6. The Morgan fingerprint density at radius 3 is 2.68 bits per heavy atom. The first-order valence-corrected chi connectivity index (χ1v) is 9.11. The van der Waals surface area contributed by atoms with Crippen LogP contribution in [0.5, 0.6) is 5.75 Å². The second-order valence-electron chi connectivity index (χ2n) is 7.78. The van der Waals surface area contributed by atoms with Crippen LogP contribution in [0.1, 0.15) is 42.4 Å². The van der Waals surface area contributed by atoms with Crippen molar-refractivity contribution in [3.8, 4) is 18.1 Å². The summed E-state index contributed by atoms with van der Waals surface area (Å²) in [6.45, 7) is 0. The quantitative estimate of drug-likeness (QED) is 0.817. The summed E-state index contributed by atoms with van der Waals surface area (Å²) in [7, 11) is 0. The number of phenolic OH excluding ortho intramolecular Hbond substituents is 1. The van der Waals surface area contributed by atoms with Gasteiger partial charge in [-0.05, 0) is 73.3 Å². The molecule has 128 valence electrons. The second kappa shape index (κ2) is 5.93. The number of rotatable bonds is 2. The van der Waals surface area contributed by atoms with Gasteiger partial charge in [0.05, 0.1) is 0 Å². The van der Waals surface area contributed by atoms with E-state index in [0.717, 1.165) is 25.7 Å². The maximum absolute atomic E-state index is 10.7. The summed E-state index contributed by atoms with van der Waals surface area (Å²) in [6.07, 6.45) is 10.7. The lowest BCUT2D eigenvalue weighted by Crippen LogP contribution is -2.50.